The molecule has 5 heteroatoms. The van der Waals surface area contributed by atoms with Crippen LogP contribution in [0.3, 0.4) is 0 Å². The van der Waals surface area contributed by atoms with E-state index >= 15 is 0 Å². The van der Waals surface area contributed by atoms with E-state index in [1.165, 1.54) is 52.9 Å². The van der Waals surface area contributed by atoms with Crippen LogP contribution in [0, 0.1) is 0 Å². The third-order valence-corrected chi connectivity index (χ3v) is 4.94. The lowest BCUT2D eigenvalue weighted by atomic mass is 10.1. The molecule has 0 spiro atoms. The third kappa shape index (κ3) is 2.97. The van der Waals surface area contributed by atoms with Crippen LogP contribution in [0.2, 0.25) is 0 Å². The van der Waals surface area contributed by atoms with Gasteiger partial charge in [-0.3, -0.25) is 4.79 Å². The molecule has 0 fully saturated rings. The summed E-state index contributed by atoms with van der Waals surface area (Å²) in [6, 6.07) is 1.16. The zero-order valence-electron chi connectivity index (χ0n) is 11.3. The van der Waals surface area contributed by atoms with Gasteiger partial charge in [0, 0.05) is 11.9 Å². The summed E-state index contributed by atoms with van der Waals surface area (Å²) in [6.45, 7) is 1.53. The summed E-state index contributed by atoms with van der Waals surface area (Å²) >= 11 is 1.53. The number of likely N-dealkylation sites (N-methyl/N-ethyl adjacent to an activating group) is 1. The lowest BCUT2D eigenvalue weighted by Gasteiger charge is -2.20. The second-order valence-corrected chi connectivity index (χ2v) is 6.19. The van der Waals surface area contributed by atoms with Gasteiger partial charge in [0.25, 0.3) is 5.91 Å². The van der Waals surface area contributed by atoms with Crippen molar-refractivity contribution in [1.29, 1.82) is 0 Å². The van der Waals surface area contributed by atoms with Gasteiger partial charge in [-0.05, 0) is 44.2 Å². The van der Waals surface area contributed by atoms with Crippen molar-refractivity contribution in [2.24, 2.45) is 0 Å². The molecule has 1 aliphatic carbocycles. The van der Waals surface area contributed by atoms with E-state index in [0.717, 1.165) is 12.8 Å². The minimum Gasteiger partial charge on any atom is -0.480 e. The Morgan fingerprint density at radius 1 is 1.32 bits per heavy atom. The van der Waals surface area contributed by atoms with Crippen molar-refractivity contribution >= 4 is 23.2 Å². The number of hydrogen-bond acceptors (Lipinski definition) is 3. The Bertz CT molecular complexity index is 471. The quantitative estimate of drug-likeness (QED) is 0.866. The molecule has 1 N–H and O–H groups in total. The van der Waals surface area contributed by atoms with E-state index in [-0.39, 0.29) is 5.91 Å². The van der Waals surface area contributed by atoms with E-state index in [2.05, 4.69) is 0 Å². The predicted octanol–water partition coefficient (Wildman–Crippen LogP) is 2.56. The highest BCUT2D eigenvalue weighted by molar-refractivity contribution is 7.14. The van der Waals surface area contributed by atoms with Gasteiger partial charge in [0.05, 0.1) is 4.88 Å². The molecule has 1 aromatic heterocycles. The van der Waals surface area contributed by atoms with E-state index in [0.29, 0.717) is 4.88 Å². The number of carboxylic acid groups (broad SMARTS) is 1. The molecule has 19 heavy (non-hydrogen) atoms. The molecule has 1 unspecified atom stereocenters. The van der Waals surface area contributed by atoms with Crippen LogP contribution in [-0.4, -0.2) is 35.0 Å². The average molecular weight is 281 g/mol. The number of thiophene rings is 1. The van der Waals surface area contributed by atoms with Gasteiger partial charge in [0.2, 0.25) is 0 Å². The Morgan fingerprint density at radius 3 is 2.68 bits per heavy atom. The summed E-state index contributed by atoms with van der Waals surface area (Å²) in [6.07, 6.45) is 5.70. The Labute approximate surface area is 117 Å². The summed E-state index contributed by atoms with van der Waals surface area (Å²) < 4.78 is 0. The molecule has 1 amide bonds. The van der Waals surface area contributed by atoms with E-state index in [1.807, 2.05) is 6.07 Å². The summed E-state index contributed by atoms with van der Waals surface area (Å²) in [4.78, 5) is 26.5. The molecular weight excluding hydrogens is 262 g/mol. The first-order chi connectivity index (χ1) is 9.00. The second-order valence-electron chi connectivity index (χ2n) is 5.05. The highest BCUT2D eigenvalue weighted by atomic mass is 32.1. The first kappa shape index (κ1) is 14.1. The van der Waals surface area contributed by atoms with Gasteiger partial charge in [0.15, 0.2) is 0 Å². The second kappa shape index (κ2) is 5.74. The fourth-order valence-corrected chi connectivity index (χ4v) is 3.52. The molecule has 0 radical (unpaired) electrons. The van der Waals surface area contributed by atoms with Crippen LogP contribution >= 0.6 is 11.3 Å². The summed E-state index contributed by atoms with van der Waals surface area (Å²) in [5.74, 6) is -1.16. The SMILES string of the molecule is CC(C(=O)O)N(C)C(=O)c1cc2c(s1)CCCCC2. The molecule has 4 nitrogen and oxygen atoms in total. The Balaban J connectivity index is 2.18. The van der Waals surface area contributed by atoms with E-state index in [4.69, 9.17) is 5.11 Å². The highest BCUT2D eigenvalue weighted by Crippen LogP contribution is 2.29. The van der Waals surface area contributed by atoms with Crippen molar-refractivity contribution in [3.8, 4) is 0 Å². The molecule has 1 aromatic rings. The standard InChI is InChI=1S/C14H19NO3S/c1-9(14(17)18)15(2)13(16)12-8-10-6-4-3-5-7-11(10)19-12/h8-9H,3-7H2,1-2H3,(H,17,18). The van der Waals surface area contributed by atoms with Gasteiger partial charge < -0.3 is 10.0 Å². The lowest BCUT2D eigenvalue weighted by molar-refractivity contribution is -0.141. The predicted molar refractivity (Wildman–Crippen MR) is 74.8 cm³/mol. The highest BCUT2D eigenvalue weighted by Gasteiger charge is 2.25. The van der Waals surface area contributed by atoms with Crippen molar-refractivity contribution in [1.82, 2.24) is 4.90 Å². The van der Waals surface area contributed by atoms with Crippen LogP contribution in [0.4, 0.5) is 0 Å². The zero-order valence-corrected chi connectivity index (χ0v) is 12.1. The van der Waals surface area contributed by atoms with Crippen LogP contribution in [0.5, 0.6) is 0 Å². The summed E-state index contributed by atoms with van der Waals surface area (Å²) in [5.41, 5.74) is 1.28. The maximum absolute atomic E-state index is 12.3. The summed E-state index contributed by atoms with van der Waals surface area (Å²) in [5, 5.41) is 8.96. The molecule has 0 saturated carbocycles. The van der Waals surface area contributed by atoms with Crippen LogP contribution in [0.1, 0.15) is 46.3 Å². The van der Waals surface area contributed by atoms with Gasteiger partial charge in [-0.15, -0.1) is 11.3 Å². The zero-order chi connectivity index (χ0) is 14.0. The molecule has 1 heterocycles. The van der Waals surface area contributed by atoms with Crippen molar-refractivity contribution < 1.29 is 14.7 Å². The van der Waals surface area contributed by atoms with Crippen molar-refractivity contribution in [2.75, 3.05) is 7.05 Å². The van der Waals surface area contributed by atoms with Crippen LogP contribution in [-0.2, 0) is 17.6 Å². The fourth-order valence-electron chi connectivity index (χ4n) is 2.29. The number of nitrogens with zero attached hydrogens (tertiary/aromatic N) is 1. The number of aryl methyl sites for hydroxylation is 2. The Morgan fingerprint density at radius 2 is 2.00 bits per heavy atom. The number of carbonyl (C=O) groups excluding carboxylic acids is 1. The molecular formula is C14H19NO3S. The molecule has 0 saturated heterocycles. The molecule has 0 aromatic carbocycles. The van der Waals surface area contributed by atoms with Gasteiger partial charge in [-0.1, -0.05) is 6.42 Å². The number of aliphatic carboxylic acids is 1. The maximum atomic E-state index is 12.3. The summed E-state index contributed by atoms with van der Waals surface area (Å²) in [7, 11) is 1.55. The fraction of sp³-hybridized carbons (Fsp3) is 0.571. The molecule has 104 valence electrons. The maximum Gasteiger partial charge on any atom is 0.326 e. The lowest BCUT2D eigenvalue weighted by Crippen LogP contribution is -2.39. The van der Waals surface area contributed by atoms with Crippen molar-refractivity contribution in [3.05, 3.63) is 21.4 Å². The molecule has 2 rings (SSSR count). The van der Waals surface area contributed by atoms with E-state index in [1.54, 1.807) is 7.05 Å². The smallest absolute Gasteiger partial charge is 0.326 e. The molecule has 0 bridgehead atoms. The third-order valence-electron chi connectivity index (χ3n) is 3.72. The first-order valence-electron chi connectivity index (χ1n) is 6.62. The molecule has 0 aliphatic heterocycles. The van der Waals surface area contributed by atoms with Crippen LogP contribution < -0.4 is 0 Å². The average Bonchev–Trinajstić information content (AvgIpc) is 2.67. The van der Waals surface area contributed by atoms with Crippen LogP contribution in [0.25, 0.3) is 0 Å². The number of hydrogen-bond donors (Lipinski definition) is 1. The Hall–Kier alpha value is -1.36. The monoisotopic (exact) mass is 281 g/mol. The number of carboxylic acids is 1. The van der Waals surface area contributed by atoms with Crippen LogP contribution in [0.15, 0.2) is 6.07 Å². The number of amides is 1. The minimum absolute atomic E-state index is 0.187. The van der Waals surface area contributed by atoms with Gasteiger partial charge in [-0.2, -0.15) is 0 Å². The van der Waals surface area contributed by atoms with Gasteiger partial charge in [-0.25, -0.2) is 4.79 Å². The van der Waals surface area contributed by atoms with Crippen molar-refractivity contribution in [2.45, 2.75) is 45.1 Å². The Kier molecular flexibility index (Phi) is 4.24. The molecule has 1 aliphatic rings. The normalized spacial score (nSPS) is 16.3. The number of rotatable bonds is 3. The van der Waals surface area contributed by atoms with Gasteiger partial charge >= 0.3 is 5.97 Å². The van der Waals surface area contributed by atoms with Crippen molar-refractivity contribution in [3.63, 3.8) is 0 Å². The first-order valence-corrected chi connectivity index (χ1v) is 7.44. The minimum atomic E-state index is -0.978. The number of fused-ring (bicyclic) bond motifs is 1. The van der Waals surface area contributed by atoms with E-state index in [9.17, 15) is 9.59 Å². The van der Waals surface area contributed by atoms with Gasteiger partial charge in [0.1, 0.15) is 6.04 Å². The topological polar surface area (TPSA) is 57.6 Å². The largest absolute Gasteiger partial charge is 0.480 e. The number of carbonyl (C=O) groups is 2. The molecule has 1 atom stereocenters. The van der Waals surface area contributed by atoms with E-state index < -0.39 is 12.0 Å².